The maximum Gasteiger partial charge on any atom is 0.196 e. The highest BCUT2D eigenvalue weighted by Crippen LogP contribution is 2.25. The van der Waals surface area contributed by atoms with Gasteiger partial charge in [-0.15, -0.1) is 0 Å². The van der Waals surface area contributed by atoms with Crippen LogP contribution in [0.2, 0.25) is 0 Å². The summed E-state index contributed by atoms with van der Waals surface area (Å²) in [5, 5.41) is 9.55. The van der Waals surface area contributed by atoms with E-state index in [0.29, 0.717) is 17.2 Å². The topological polar surface area (TPSA) is 68.8 Å². The van der Waals surface area contributed by atoms with Gasteiger partial charge >= 0.3 is 0 Å². The minimum Gasteiger partial charge on any atom is -0.441 e. The van der Waals surface area contributed by atoms with Crippen LogP contribution in [-0.2, 0) is 0 Å². The number of piperidine rings is 1. The van der Waals surface area contributed by atoms with Crippen molar-refractivity contribution in [3.8, 4) is 6.07 Å². The van der Waals surface area contributed by atoms with Crippen LogP contribution in [0.15, 0.2) is 34.7 Å². The van der Waals surface area contributed by atoms with Gasteiger partial charge in [0.25, 0.3) is 0 Å². The molecule has 1 aromatic carbocycles. The van der Waals surface area contributed by atoms with E-state index in [2.05, 4.69) is 20.9 Å². The van der Waals surface area contributed by atoms with Crippen molar-refractivity contribution in [3.63, 3.8) is 0 Å². The second kappa shape index (κ2) is 6.48. The molecule has 25 heavy (non-hydrogen) atoms. The third-order valence-corrected chi connectivity index (χ3v) is 4.58. The minimum atomic E-state index is 0.466. The highest BCUT2D eigenvalue weighted by atomic mass is 16.4. The van der Waals surface area contributed by atoms with Crippen LogP contribution in [0, 0.1) is 18.3 Å². The van der Waals surface area contributed by atoms with E-state index in [-0.39, 0.29) is 0 Å². The first-order valence-corrected chi connectivity index (χ1v) is 8.66. The van der Waals surface area contributed by atoms with Gasteiger partial charge in [0.15, 0.2) is 5.88 Å². The van der Waals surface area contributed by atoms with E-state index in [1.165, 1.54) is 19.3 Å². The first-order valence-electron chi connectivity index (χ1n) is 8.66. The summed E-state index contributed by atoms with van der Waals surface area (Å²) in [6.07, 6.45) is 5.44. The summed E-state index contributed by atoms with van der Waals surface area (Å²) in [5.74, 6) is 2.12. The van der Waals surface area contributed by atoms with Gasteiger partial charge < -0.3 is 14.3 Å². The second-order valence-corrected chi connectivity index (χ2v) is 6.50. The van der Waals surface area contributed by atoms with Gasteiger partial charge in [-0.3, -0.25) is 0 Å². The van der Waals surface area contributed by atoms with Crippen molar-refractivity contribution in [2.45, 2.75) is 26.2 Å². The highest BCUT2D eigenvalue weighted by molar-refractivity contribution is 5.89. The Kier molecular flexibility index (Phi) is 4.02. The number of fused-ring (bicyclic) bond motifs is 1. The smallest absolute Gasteiger partial charge is 0.196 e. The second-order valence-electron chi connectivity index (χ2n) is 6.50. The molecule has 0 amide bonds. The number of nitrogens with one attached hydrogen (secondary N) is 1. The molecule has 1 saturated heterocycles. The first kappa shape index (κ1) is 15.5. The van der Waals surface area contributed by atoms with Crippen LogP contribution in [0.5, 0.6) is 0 Å². The molecule has 0 saturated carbocycles. The molecule has 126 valence electrons. The van der Waals surface area contributed by atoms with Gasteiger partial charge in [0, 0.05) is 25.2 Å². The van der Waals surface area contributed by atoms with Crippen LogP contribution in [0.4, 0.5) is 5.88 Å². The Hall–Kier alpha value is -3.00. The lowest BCUT2D eigenvalue weighted by Crippen LogP contribution is -2.28. The normalized spacial score (nSPS) is 15.5. The Balaban J connectivity index is 1.63. The summed E-state index contributed by atoms with van der Waals surface area (Å²) in [6.45, 7) is 4.10. The summed E-state index contributed by atoms with van der Waals surface area (Å²) in [6, 6.07) is 12.1. The van der Waals surface area contributed by atoms with Gasteiger partial charge in [0.05, 0.1) is 16.6 Å². The molecule has 1 aliphatic rings. The minimum absolute atomic E-state index is 0.466. The molecule has 1 aliphatic heterocycles. The van der Waals surface area contributed by atoms with E-state index < -0.39 is 0 Å². The van der Waals surface area contributed by atoms with Crippen molar-refractivity contribution in [2.75, 3.05) is 18.0 Å². The van der Waals surface area contributed by atoms with Crippen LogP contribution >= 0.6 is 0 Å². The lowest BCUT2D eigenvalue weighted by Gasteiger charge is -2.25. The number of hydrogen-bond acceptors (Lipinski definition) is 4. The first-order chi connectivity index (χ1) is 12.2. The maximum absolute atomic E-state index is 9.55. The van der Waals surface area contributed by atoms with Crippen molar-refractivity contribution < 1.29 is 4.42 Å². The zero-order chi connectivity index (χ0) is 17.2. The number of nitrogens with zero attached hydrogens (tertiary/aromatic N) is 3. The fourth-order valence-corrected chi connectivity index (χ4v) is 3.25. The standard InChI is InChI=1S/C20H20N4O/c1-14-5-7-17-18(11-14)23-20(22-17)15(13-21)12-16-6-8-19(25-16)24-9-3-2-4-10-24/h5-8,11-12H,2-4,9-10H2,1H3,(H,22,23)/b15-12-. The summed E-state index contributed by atoms with van der Waals surface area (Å²) in [5.41, 5.74) is 3.41. The summed E-state index contributed by atoms with van der Waals surface area (Å²) in [7, 11) is 0. The molecule has 3 heterocycles. The predicted octanol–water partition coefficient (Wildman–Crippen LogP) is 4.52. The number of anilines is 1. The van der Waals surface area contributed by atoms with E-state index in [1.807, 2.05) is 37.3 Å². The Morgan fingerprint density at radius 3 is 2.88 bits per heavy atom. The Morgan fingerprint density at radius 1 is 1.24 bits per heavy atom. The van der Waals surface area contributed by atoms with Crippen LogP contribution in [0.3, 0.4) is 0 Å². The quantitative estimate of drug-likeness (QED) is 0.716. The molecule has 3 aromatic rings. The molecule has 0 bridgehead atoms. The zero-order valence-corrected chi connectivity index (χ0v) is 14.2. The monoisotopic (exact) mass is 332 g/mol. The molecular formula is C20H20N4O. The van der Waals surface area contributed by atoms with Crippen molar-refractivity contribution >= 4 is 28.6 Å². The van der Waals surface area contributed by atoms with Crippen LogP contribution in [0.25, 0.3) is 22.7 Å². The number of furan rings is 1. The van der Waals surface area contributed by atoms with Crippen molar-refractivity contribution in [3.05, 3.63) is 47.5 Å². The summed E-state index contributed by atoms with van der Waals surface area (Å²) in [4.78, 5) is 10.0. The highest BCUT2D eigenvalue weighted by Gasteiger charge is 2.15. The SMILES string of the molecule is Cc1ccc2nc(/C(C#N)=C\c3ccc(N4CCCCC4)o3)[nH]c2c1. The molecule has 0 radical (unpaired) electrons. The van der Waals surface area contributed by atoms with Crippen LogP contribution in [0.1, 0.15) is 36.4 Å². The molecule has 1 fully saturated rings. The van der Waals surface area contributed by atoms with Gasteiger partial charge in [-0.1, -0.05) is 6.07 Å². The maximum atomic E-state index is 9.55. The molecule has 0 unspecified atom stereocenters. The molecule has 5 nitrogen and oxygen atoms in total. The summed E-state index contributed by atoms with van der Waals surface area (Å²) >= 11 is 0. The van der Waals surface area contributed by atoms with Crippen molar-refractivity contribution in [2.24, 2.45) is 0 Å². The fourth-order valence-electron chi connectivity index (χ4n) is 3.25. The average molecular weight is 332 g/mol. The van der Waals surface area contributed by atoms with E-state index in [4.69, 9.17) is 4.42 Å². The van der Waals surface area contributed by atoms with E-state index in [9.17, 15) is 5.26 Å². The Labute approximate surface area is 146 Å². The number of allylic oxidation sites excluding steroid dienone is 1. The summed E-state index contributed by atoms with van der Waals surface area (Å²) < 4.78 is 5.93. The number of hydrogen-bond donors (Lipinski definition) is 1. The number of H-pyrrole nitrogens is 1. The number of nitriles is 1. The average Bonchev–Trinajstić information content (AvgIpc) is 3.26. The fraction of sp³-hybridized carbons (Fsp3) is 0.300. The lowest BCUT2D eigenvalue weighted by molar-refractivity contribution is 0.496. The van der Waals surface area contributed by atoms with Crippen LogP contribution in [-0.4, -0.2) is 23.1 Å². The van der Waals surface area contributed by atoms with Gasteiger partial charge in [0.2, 0.25) is 0 Å². The lowest BCUT2D eigenvalue weighted by atomic mass is 10.1. The van der Waals surface area contributed by atoms with E-state index in [1.54, 1.807) is 6.08 Å². The third-order valence-electron chi connectivity index (χ3n) is 4.58. The molecule has 0 spiro atoms. The molecule has 2 aromatic heterocycles. The molecule has 0 aliphatic carbocycles. The number of aromatic nitrogens is 2. The Morgan fingerprint density at radius 2 is 2.08 bits per heavy atom. The molecule has 5 heteroatoms. The zero-order valence-electron chi connectivity index (χ0n) is 14.2. The predicted molar refractivity (Wildman–Crippen MR) is 99.1 cm³/mol. The van der Waals surface area contributed by atoms with Crippen molar-refractivity contribution in [1.82, 2.24) is 9.97 Å². The van der Waals surface area contributed by atoms with Gasteiger partial charge in [-0.2, -0.15) is 5.26 Å². The molecule has 1 N–H and O–H groups in total. The number of imidazole rings is 1. The van der Waals surface area contributed by atoms with Crippen molar-refractivity contribution in [1.29, 1.82) is 5.26 Å². The molecule has 0 atom stereocenters. The number of rotatable bonds is 3. The van der Waals surface area contributed by atoms with Gasteiger partial charge in [0.1, 0.15) is 17.7 Å². The largest absolute Gasteiger partial charge is 0.441 e. The Bertz CT molecular complexity index is 967. The van der Waals surface area contributed by atoms with Gasteiger partial charge in [-0.25, -0.2) is 4.98 Å². The number of aryl methyl sites for hydroxylation is 1. The molecule has 4 rings (SSSR count). The van der Waals surface area contributed by atoms with E-state index in [0.717, 1.165) is 35.6 Å². The number of benzene rings is 1. The van der Waals surface area contributed by atoms with Crippen LogP contribution < -0.4 is 4.90 Å². The van der Waals surface area contributed by atoms with Gasteiger partial charge in [-0.05, 0) is 49.9 Å². The third kappa shape index (κ3) is 3.16. The molecular weight excluding hydrogens is 312 g/mol. The van der Waals surface area contributed by atoms with E-state index >= 15 is 0 Å². The number of aromatic amines is 1.